The maximum atomic E-state index is 3.52. The molecule has 0 aliphatic carbocycles. The van der Waals surface area contributed by atoms with Gasteiger partial charge in [0.15, 0.2) is 0 Å². The highest BCUT2D eigenvalue weighted by molar-refractivity contribution is 5.48. The minimum absolute atomic E-state index is 0.396. The van der Waals surface area contributed by atoms with Crippen LogP contribution in [0, 0.1) is 0 Å². The molecular weight excluding hydrogens is 330 g/mol. The lowest BCUT2D eigenvalue weighted by molar-refractivity contribution is 0.0482. The number of hydrogen-bond acceptors (Lipinski definition) is 3. The number of nitrogens with zero attached hydrogens (tertiary/aromatic N) is 2. The molecule has 0 spiro atoms. The minimum Gasteiger partial charge on any atom is -0.364 e. The summed E-state index contributed by atoms with van der Waals surface area (Å²) in [6, 6.07) is 22.5. The minimum atomic E-state index is 0.396. The van der Waals surface area contributed by atoms with E-state index in [1.807, 2.05) is 0 Å². The van der Waals surface area contributed by atoms with Crippen LogP contribution >= 0.6 is 0 Å². The molecule has 0 unspecified atom stereocenters. The molecule has 0 bridgehead atoms. The van der Waals surface area contributed by atoms with Gasteiger partial charge in [-0.1, -0.05) is 48.5 Å². The molecule has 27 heavy (non-hydrogen) atoms. The van der Waals surface area contributed by atoms with E-state index in [-0.39, 0.29) is 0 Å². The van der Waals surface area contributed by atoms with Crippen LogP contribution in [0.15, 0.2) is 60.7 Å². The Morgan fingerprint density at radius 1 is 0.926 bits per heavy atom. The van der Waals surface area contributed by atoms with Crippen molar-refractivity contribution >= 4 is 5.69 Å². The van der Waals surface area contributed by atoms with Crippen molar-refractivity contribution < 1.29 is 0 Å². The van der Waals surface area contributed by atoms with Crippen LogP contribution in [0.3, 0.4) is 0 Å². The highest BCUT2D eigenvalue weighted by Crippen LogP contribution is 2.32. The number of piperidine rings is 2. The highest BCUT2D eigenvalue weighted by Gasteiger charge is 2.36. The first-order valence-corrected chi connectivity index (χ1v) is 10.6. The second kappa shape index (κ2) is 8.45. The summed E-state index contributed by atoms with van der Waals surface area (Å²) in [6.45, 7) is 8.25. The lowest BCUT2D eigenvalue weighted by Gasteiger charge is -2.49. The molecular formula is C24H33N3. The van der Waals surface area contributed by atoms with Crippen molar-refractivity contribution in [3.8, 4) is 0 Å². The summed E-state index contributed by atoms with van der Waals surface area (Å²) < 4.78 is 0. The van der Waals surface area contributed by atoms with Crippen LogP contribution in [0.1, 0.15) is 38.2 Å². The van der Waals surface area contributed by atoms with Gasteiger partial charge in [-0.05, 0) is 63.4 Å². The van der Waals surface area contributed by atoms with Gasteiger partial charge in [-0.15, -0.1) is 0 Å². The summed E-state index contributed by atoms with van der Waals surface area (Å²) in [7, 11) is 0. The summed E-state index contributed by atoms with van der Waals surface area (Å²) in [4.78, 5) is 5.41. The van der Waals surface area contributed by atoms with Crippen LogP contribution in [0.2, 0.25) is 0 Å². The second-order valence-electron chi connectivity index (χ2n) is 8.41. The number of likely N-dealkylation sites (tertiary alicyclic amines) is 1. The first-order valence-electron chi connectivity index (χ1n) is 10.6. The molecule has 3 heteroatoms. The Balaban J connectivity index is 1.47. The van der Waals surface area contributed by atoms with Gasteiger partial charge in [-0.25, -0.2) is 0 Å². The fraction of sp³-hybridized carbons (Fsp3) is 0.500. The second-order valence-corrected chi connectivity index (χ2v) is 8.41. The third-order valence-electron chi connectivity index (χ3n) is 6.63. The number of rotatable bonds is 5. The van der Waals surface area contributed by atoms with E-state index in [0.717, 1.165) is 6.54 Å². The van der Waals surface area contributed by atoms with Crippen molar-refractivity contribution in [2.45, 2.75) is 50.7 Å². The standard InChI is InChI=1S/C24H33N3/c1-24(14-16-25-17-15-24)26-18-12-23(13-19-26)27(22-10-6-3-7-11-22)20-21-8-4-2-5-9-21/h2-11,23,25H,12-20H2,1H3. The molecule has 3 nitrogen and oxygen atoms in total. The zero-order valence-electron chi connectivity index (χ0n) is 16.6. The fourth-order valence-electron chi connectivity index (χ4n) is 4.83. The molecule has 2 heterocycles. The summed E-state index contributed by atoms with van der Waals surface area (Å²) >= 11 is 0. The van der Waals surface area contributed by atoms with Crippen LogP contribution in [0.4, 0.5) is 5.69 Å². The molecule has 1 N–H and O–H groups in total. The predicted octanol–water partition coefficient (Wildman–Crippen LogP) is 4.30. The summed E-state index contributed by atoms with van der Waals surface area (Å²) in [5.74, 6) is 0. The van der Waals surface area contributed by atoms with Gasteiger partial charge in [-0.3, -0.25) is 4.90 Å². The van der Waals surface area contributed by atoms with Gasteiger partial charge in [-0.2, -0.15) is 0 Å². The van der Waals surface area contributed by atoms with Gasteiger partial charge in [0.05, 0.1) is 0 Å². The topological polar surface area (TPSA) is 18.5 Å². The third-order valence-corrected chi connectivity index (χ3v) is 6.63. The quantitative estimate of drug-likeness (QED) is 0.854. The Kier molecular flexibility index (Phi) is 5.80. The average Bonchev–Trinajstić information content (AvgIpc) is 2.74. The Morgan fingerprint density at radius 2 is 1.52 bits per heavy atom. The fourth-order valence-corrected chi connectivity index (χ4v) is 4.83. The van der Waals surface area contributed by atoms with Gasteiger partial charge < -0.3 is 10.2 Å². The Hall–Kier alpha value is -1.84. The molecule has 0 atom stereocenters. The zero-order valence-corrected chi connectivity index (χ0v) is 16.6. The molecule has 0 radical (unpaired) electrons. The Morgan fingerprint density at radius 3 is 2.15 bits per heavy atom. The van der Waals surface area contributed by atoms with Crippen molar-refractivity contribution in [2.24, 2.45) is 0 Å². The van der Waals surface area contributed by atoms with Crippen LogP contribution in [0.5, 0.6) is 0 Å². The van der Waals surface area contributed by atoms with Gasteiger partial charge in [0.1, 0.15) is 0 Å². The number of benzene rings is 2. The maximum absolute atomic E-state index is 3.52. The van der Waals surface area contributed by atoms with E-state index in [0.29, 0.717) is 11.6 Å². The van der Waals surface area contributed by atoms with Gasteiger partial charge in [0.25, 0.3) is 0 Å². The van der Waals surface area contributed by atoms with Crippen molar-refractivity contribution in [1.29, 1.82) is 0 Å². The molecule has 0 amide bonds. The smallest absolute Gasteiger partial charge is 0.0432 e. The largest absolute Gasteiger partial charge is 0.364 e. The van der Waals surface area contributed by atoms with E-state index >= 15 is 0 Å². The van der Waals surface area contributed by atoms with Crippen LogP contribution in [0.25, 0.3) is 0 Å². The molecule has 2 saturated heterocycles. The highest BCUT2D eigenvalue weighted by atomic mass is 15.2. The van der Waals surface area contributed by atoms with Gasteiger partial charge in [0, 0.05) is 36.9 Å². The predicted molar refractivity (Wildman–Crippen MR) is 114 cm³/mol. The first-order chi connectivity index (χ1) is 13.2. The monoisotopic (exact) mass is 363 g/mol. The third kappa shape index (κ3) is 4.36. The summed E-state index contributed by atoms with van der Waals surface area (Å²) in [6.07, 6.45) is 5.07. The first kappa shape index (κ1) is 18.5. The molecule has 2 fully saturated rings. The molecule has 2 aromatic rings. The Bertz CT molecular complexity index is 686. The summed E-state index contributed by atoms with van der Waals surface area (Å²) in [5, 5.41) is 3.52. The van der Waals surface area contributed by atoms with E-state index in [1.165, 1.54) is 63.1 Å². The van der Waals surface area contributed by atoms with Gasteiger partial charge in [0.2, 0.25) is 0 Å². The van der Waals surface area contributed by atoms with Crippen LogP contribution in [-0.4, -0.2) is 42.7 Å². The van der Waals surface area contributed by atoms with Crippen LogP contribution in [-0.2, 0) is 6.54 Å². The number of nitrogens with one attached hydrogen (secondary N) is 1. The SMILES string of the molecule is CC1(N2CCC(N(Cc3ccccc3)c3ccccc3)CC2)CCNCC1. The molecule has 2 aliphatic rings. The van der Waals surface area contributed by atoms with Crippen molar-refractivity contribution in [1.82, 2.24) is 10.2 Å². The molecule has 0 aromatic heterocycles. The number of hydrogen-bond donors (Lipinski definition) is 1. The van der Waals surface area contributed by atoms with Gasteiger partial charge >= 0.3 is 0 Å². The average molecular weight is 364 g/mol. The van der Waals surface area contributed by atoms with Crippen molar-refractivity contribution in [3.05, 3.63) is 66.2 Å². The molecule has 4 rings (SSSR count). The molecule has 2 aromatic carbocycles. The maximum Gasteiger partial charge on any atom is 0.0432 e. The summed E-state index contributed by atoms with van der Waals surface area (Å²) in [5.41, 5.74) is 3.15. The normalized spacial score (nSPS) is 21.1. The van der Waals surface area contributed by atoms with E-state index in [9.17, 15) is 0 Å². The van der Waals surface area contributed by atoms with E-state index < -0.39 is 0 Å². The number of anilines is 1. The lowest BCUT2D eigenvalue weighted by Crippen LogP contribution is -2.57. The van der Waals surface area contributed by atoms with Crippen molar-refractivity contribution in [3.63, 3.8) is 0 Å². The molecule has 144 valence electrons. The zero-order chi connectivity index (χ0) is 18.5. The number of para-hydroxylation sites is 1. The van der Waals surface area contributed by atoms with Crippen LogP contribution < -0.4 is 10.2 Å². The van der Waals surface area contributed by atoms with E-state index in [4.69, 9.17) is 0 Å². The molecule has 0 saturated carbocycles. The lowest BCUT2D eigenvalue weighted by atomic mass is 9.86. The van der Waals surface area contributed by atoms with Crippen molar-refractivity contribution in [2.75, 3.05) is 31.1 Å². The van der Waals surface area contributed by atoms with E-state index in [1.54, 1.807) is 0 Å². The van der Waals surface area contributed by atoms with E-state index in [2.05, 4.69) is 82.7 Å². The Labute approximate surface area is 164 Å². The molecule has 2 aliphatic heterocycles.